The molecule has 0 bridgehead atoms. The van der Waals surface area contributed by atoms with Crippen molar-refractivity contribution in [3.05, 3.63) is 21.9 Å². The third-order valence-corrected chi connectivity index (χ3v) is 5.18. The molecule has 1 aromatic heterocycles. The van der Waals surface area contributed by atoms with Crippen molar-refractivity contribution < 1.29 is 9.47 Å². The molecule has 0 aromatic carbocycles. The van der Waals surface area contributed by atoms with E-state index in [4.69, 9.17) is 9.47 Å². The van der Waals surface area contributed by atoms with Crippen LogP contribution < -0.4 is 10.6 Å². The molecule has 0 radical (unpaired) electrons. The number of methoxy groups -OCH3 is 1. The van der Waals surface area contributed by atoms with Gasteiger partial charge in [-0.1, -0.05) is 0 Å². The van der Waals surface area contributed by atoms with Gasteiger partial charge in [0, 0.05) is 56.7 Å². The van der Waals surface area contributed by atoms with Crippen molar-refractivity contribution in [1.82, 2.24) is 15.5 Å². The van der Waals surface area contributed by atoms with E-state index in [0.717, 1.165) is 58.4 Å². The van der Waals surface area contributed by atoms with Crippen molar-refractivity contribution in [2.75, 3.05) is 60.2 Å². The van der Waals surface area contributed by atoms with Crippen LogP contribution in [0.3, 0.4) is 0 Å². The van der Waals surface area contributed by atoms with E-state index < -0.39 is 0 Å². The third kappa shape index (κ3) is 6.05. The maximum absolute atomic E-state index is 5.51. The number of nitrogens with one attached hydrogen (secondary N) is 2. The molecule has 1 aliphatic rings. The van der Waals surface area contributed by atoms with Crippen LogP contribution in [-0.4, -0.2) is 71.0 Å². The van der Waals surface area contributed by atoms with Gasteiger partial charge in [-0.15, -0.1) is 11.3 Å². The zero-order valence-corrected chi connectivity index (χ0v) is 15.8. The first-order valence-corrected chi connectivity index (χ1v) is 9.38. The Kier molecular flexibility index (Phi) is 8.52. The predicted octanol–water partition coefficient (Wildman–Crippen LogP) is 1.63. The fourth-order valence-corrected chi connectivity index (χ4v) is 3.78. The predicted molar refractivity (Wildman–Crippen MR) is 100 cm³/mol. The third-order valence-electron chi connectivity index (χ3n) is 4.08. The van der Waals surface area contributed by atoms with Gasteiger partial charge in [0.1, 0.15) is 0 Å². The number of thiophene rings is 1. The molecule has 1 aromatic rings. The second-order valence-corrected chi connectivity index (χ2v) is 7.16. The molecular weight excluding hydrogens is 324 g/mol. The van der Waals surface area contributed by atoms with Crippen molar-refractivity contribution in [3.8, 4) is 0 Å². The van der Waals surface area contributed by atoms with Crippen LogP contribution in [0.1, 0.15) is 22.2 Å². The van der Waals surface area contributed by atoms with Crippen LogP contribution in [0.2, 0.25) is 0 Å². The summed E-state index contributed by atoms with van der Waals surface area (Å²) in [5, 5.41) is 6.81. The van der Waals surface area contributed by atoms with Gasteiger partial charge in [0.2, 0.25) is 0 Å². The number of aliphatic imine (C=N–C) groups is 1. The van der Waals surface area contributed by atoms with Crippen molar-refractivity contribution in [1.29, 1.82) is 0 Å². The first-order valence-electron chi connectivity index (χ1n) is 8.56. The first kappa shape index (κ1) is 19.2. The molecule has 6 nitrogen and oxygen atoms in total. The summed E-state index contributed by atoms with van der Waals surface area (Å²) in [5.41, 5.74) is 0. The molecule has 1 saturated heterocycles. The Morgan fingerprint density at radius 3 is 2.79 bits per heavy atom. The lowest BCUT2D eigenvalue weighted by molar-refractivity contribution is 0.0177. The summed E-state index contributed by atoms with van der Waals surface area (Å²) in [5.74, 6) is 0.845. The molecule has 1 fully saturated rings. The monoisotopic (exact) mass is 354 g/mol. The van der Waals surface area contributed by atoms with Gasteiger partial charge in [0.15, 0.2) is 5.96 Å². The number of nitrogens with zero attached hydrogens (tertiary/aromatic N) is 2. The Morgan fingerprint density at radius 2 is 2.17 bits per heavy atom. The molecule has 2 rings (SSSR count). The van der Waals surface area contributed by atoms with Crippen LogP contribution in [0, 0.1) is 6.92 Å². The number of hydrogen-bond acceptors (Lipinski definition) is 5. The summed E-state index contributed by atoms with van der Waals surface area (Å²) in [7, 11) is 3.54. The van der Waals surface area contributed by atoms with Crippen LogP contribution >= 0.6 is 11.3 Å². The molecule has 0 saturated carbocycles. The number of guanidine groups is 1. The summed E-state index contributed by atoms with van der Waals surface area (Å²) < 4.78 is 10.6. The van der Waals surface area contributed by atoms with Gasteiger partial charge in [0.25, 0.3) is 0 Å². The van der Waals surface area contributed by atoms with Gasteiger partial charge in [-0.25, -0.2) is 0 Å². The quantitative estimate of drug-likeness (QED) is 0.422. The minimum atomic E-state index is 0.352. The standard InChI is InChI=1S/C17H30N4O2S/c1-14-5-6-16(24-14)15(21-8-11-23-12-9-21)13-20-17(18-2)19-7-4-10-22-3/h5-6,15H,4,7-13H2,1-3H3,(H2,18,19,20). The summed E-state index contributed by atoms with van der Waals surface area (Å²) in [6.45, 7) is 8.18. The molecule has 136 valence electrons. The second kappa shape index (κ2) is 10.7. The van der Waals surface area contributed by atoms with E-state index in [9.17, 15) is 0 Å². The van der Waals surface area contributed by atoms with Gasteiger partial charge >= 0.3 is 0 Å². The largest absolute Gasteiger partial charge is 0.385 e. The molecule has 2 N–H and O–H groups in total. The second-order valence-electron chi connectivity index (χ2n) is 5.84. The number of ether oxygens (including phenoxy) is 2. The minimum Gasteiger partial charge on any atom is -0.385 e. The highest BCUT2D eigenvalue weighted by Crippen LogP contribution is 2.27. The van der Waals surface area contributed by atoms with Crippen molar-refractivity contribution in [3.63, 3.8) is 0 Å². The maximum atomic E-state index is 5.51. The summed E-state index contributed by atoms with van der Waals surface area (Å²) in [4.78, 5) is 9.57. The zero-order valence-electron chi connectivity index (χ0n) is 15.0. The van der Waals surface area contributed by atoms with Gasteiger partial charge in [-0.3, -0.25) is 9.89 Å². The Morgan fingerprint density at radius 1 is 1.38 bits per heavy atom. The minimum absolute atomic E-state index is 0.352. The van der Waals surface area contributed by atoms with Crippen LogP contribution in [0.25, 0.3) is 0 Å². The molecular formula is C17H30N4O2S. The smallest absolute Gasteiger partial charge is 0.191 e. The number of morpholine rings is 1. The molecule has 1 aliphatic heterocycles. The molecule has 1 atom stereocenters. The first-order chi connectivity index (χ1) is 11.7. The van der Waals surface area contributed by atoms with Gasteiger partial charge in [0.05, 0.1) is 19.3 Å². The van der Waals surface area contributed by atoms with E-state index in [-0.39, 0.29) is 0 Å². The molecule has 1 unspecified atom stereocenters. The number of hydrogen-bond donors (Lipinski definition) is 2. The van der Waals surface area contributed by atoms with Crippen molar-refractivity contribution >= 4 is 17.3 Å². The van der Waals surface area contributed by atoms with Crippen molar-refractivity contribution in [2.24, 2.45) is 4.99 Å². The molecule has 24 heavy (non-hydrogen) atoms. The van der Waals surface area contributed by atoms with Crippen LogP contribution in [-0.2, 0) is 9.47 Å². The average Bonchev–Trinajstić information content (AvgIpc) is 3.04. The van der Waals surface area contributed by atoms with E-state index in [1.54, 1.807) is 7.11 Å². The zero-order chi connectivity index (χ0) is 17.2. The SMILES string of the molecule is CN=C(NCCCOC)NCC(c1ccc(C)s1)N1CCOCC1. The van der Waals surface area contributed by atoms with Gasteiger partial charge < -0.3 is 20.1 Å². The number of aryl methyl sites for hydroxylation is 1. The number of rotatable bonds is 8. The van der Waals surface area contributed by atoms with Gasteiger partial charge in [-0.05, 0) is 25.5 Å². The highest BCUT2D eigenvalue weighted by molar-refractivity contribution is 7.12. The molecule has 7 heteroatoms. The fraction of sp³-hybridized carbons (Fsp3) is 0.706. The average molecular weight is 355 g/mol. The molecule has 0 spiro atoms. The lowest BCUT2D eigenvalue weighted by atomic mass is 10.2. The highest BCUT2D eigenvalue weighted by atomic mass is 32.1. The highest BCUT2D eigenvalue weighted by Gasteiger charge is 2.24. The summed E-state index contributed by atoms with van der Waals surface area (Å²) >= 11 is 1.87. The molecule has 0 amide bonds. The van der Waals surface area contributed by atoms with Crippen LogP contribution in [0.5, 0.6) is 0 Å². The Hall–Kier alpha value is -1.15. The topological polar surface area (TPSA) is 58.1 Å². The lowest BCUT2D eigenvalue weighted by Gasteiger charge is -2.34. The van der Waals surface area contributed by atoms with Gasteiger partial charge in [-0.2, -0.15) is 0 Å². The molecule has 2 heterocycles. The van der Waals surface area contributed by atoms with E-state index in [0.29, 0.717) is 6.04 Å². The van der Waals surface area contributed by atoms with E-state index >= 15 is 0 Å². The fourth-order valence-electron chi connectivity index (χ4n) is 2.77. The Balaban J connectivity index is 1.92. The normalized spacial score (nSPS) is 17.7. The van der Waals surface area contributed by atoms with E-state index in [1.165, 1.54) is 9.75 Å². The van der Waals surface area contributed by atoms with Crippen LogP contribution in [0.4, 0.5) is 0 Å². The summed E-state index contributed by atoms with van der Waals surface area (Å²) in [6, 6.07) is 4.80. The summed E-state index contributed by atoms with van der Waals surface area (Å²) in [6.07, 6.45) is 0.966. The van der Waals surface area contributed by atoms with E-state index in [2.05, 4.69) is 39.6 Å². The Labute approximate surface area is 149 Å². The lowest BCUT2D eigenvalue weighted by Crippen LogP contribution is -2.46. The van der Waals surface area contributed by atoms with E-state index in [1.807, 2.05) is 18.4 Å². The molecule has 0 aliphatic carbocycles. The maximum Gasteiger partial charge on any atom is 0.191 e. The van der Waals surface area contributed by atoms with Crippen LogP contribution in [0.15, 0.2) is 17.1 Å². The Bertz CT molecular complexity index is 501. The van der Waals surface area contributed by atoms with Crippen molar-refractivity contribution in [2.45, 2.75) is 19.4 Å².